The summed E-state index contributed by atoms with van der Waals surface area (Å²) in [5.41, 5.74) is 0.615. The van der Waals surface area contributed by atoms with E-state index in [9.17, 15) is 22.4 Å². The summed E-state index contributed by atoms with van der Waals surface area (Å²) in [6.45, 7) is 5.18. The van der Waals surface area contributed by atoms with Crippen molar-refractivity contribution in [3.63, 3.8) is 0 Å². The first-order valence-electron chi connectivity index (χ1n) is 11.5. The number of amides is 2. The van der Waals surface area contributed by atoms with E-state index in [0.717, 1.165) is 5.56 Å². The lowest BCUT2D eigenvalue weighted by molar-refractivity contribution is -0.119. The van der Waals surface area contributed by atoms with Crippen molar-refractivity contribution < 1.29 is 27.1 Å². The van der Waals surface area contributed by atoms with Gasteiger partial charge in [-0.3, -0.25) is 4.79 Å². The highest BCUT2D eigenvalue weighted by Gasteiger charge is 2.49. The third kappa shape index (κ3) is 6.44. The Kier molecular flexibility index (Phi) is 7.42. The number of carbonyl (C=O) groups is 2. The van der Waals surface area contributed by atoms with E-state index >= 15 is 0 Å². The maximum Gasteiger partial charge on any atom is 0.408 e. The Morgan fingerprint density at radius 2 is 1.81 bits per heavy atom. The number of hydrogen-bond acceptors (Lipinski definition) is 6. The van der Waals surface area contributed by atoms with Crippen LogP contribution < -0.4 is 10.2 Å². The number of thioether (sulfide) groups is 1. The lowest BCUT2D eigenvalue weighted by atomic mass is 10.1. The van der Waals surface area contributed by atoms with Crippen LogP contribution in [-0.4, -0.2) is 60.0 Å². The van der Waals surface area contributed by atoms with E-state index in [0.29, 0.717) is 10.9 Å². The molecule has 1 N–H and O–H groups in total. The molecule has 0 aliphatic carbocycles. The summed E-state index contributed by atoms with van der Waals surface area (Å²) < 4.78 is 43.5. The molecular formula is C25H28FN3O5S2. The summed E-state index contributed by atoms with van der Waals surface area (Å²) in [7, 11) is -3.25. The number of hydrogen-bond donors (Lipinski definition) is 1. The second-order valence-corrected chi connectivity index (χ2v) is 13.1. The van der Waals surface area contributed by atoms with Crippen LogP contribution in [0.15, 0.2) is 59.6 Å². The number of alkyl carbamates (subject to hydrolysis) is 1. The number of fused-ring (bicyclic) bond motifs is 1. The number of anilines is 1. The fourth-order valence-electron chi connectivity index (χ4n) is 4.14. The van der Waals surface area contributed by atoms with Crippen LogP contribution in [0.5, 0.6) is 0 Å². The van der Waals surface area contributed by atoms with Crippen LogP contribution in [0.2, 0.25) is 0 Å². The molecule has 2 fully saturated rings. The standard InChI is InChI=1S/C25H28FN3O5S2/c1-25(2,3)34-24(31)27-19(13-16-7-5-4-6-8-16)22(30)28-23-29(18-11-9-17(26)10-12-18)20-14-36(32,33)15-21(20)35-23/h4-12,19-21H,13-15H2,1-3H3,(H,27,31)/t19-,20+,21-/m1/s1. The quantitative estimate of drug-likeness (QED) is 0.627. The van der Waals surface area contributed by atoms with Crippen molar-refractivity contribution in [3.8, 4) is 0 Å². The summed E-state index contributed by atoms with van der Waals surface area (Å²) in [5, 5.41) is 2.64. The highest BCUT2D eigenvalue weighted by Crippen LogP contribution is 2.41. The average molecular weight is 534 g/mol. The number of sulfone groups is 1. The Bertz CT molecular complexity index is 1260. The zero-order valence-corrected chi connectivity index (χ0v) is 21.8. The zero-order chi connectivity index (χ0) is 26.1. The van der Waals surface area contributed by atoms with Gasteiger partial charge in [0.05, 0.1) is 17.5 Å². The van der Waals surface area contributed by atoms with Crippen LogP contribution >= 0.6 is 11.8 Å². The van der Waals surface area contributed by atoms with E-state index < -0.39 is 45.3 Å². The number of amidine groups is 1. The first kappa shape index (κ1) is 26.2. The highest BCUT2D eigenvalue weighted by molar-refractivity contribution is 8.16. The molecule has 2 aromatic rings. The van der Waals surface area contributed by atoms with Crippen molar-refractivity contribution in [2.75, 3.05) is 16.4 Å². The van der Waals surface area contributed by atoms with Crippen LogP contribution in [-0.2, 0) is 25.8 Å². The van der Waals surface area contributed by atoms with Crippen molar-refractivity contribution in [1.82, 2.24) is 5.32 Å². The largest absolute Gasteiger partial charge is 0.444 e. The summed E-state index contributed by atoms with van der Waals surface area (Å²) in [6.07, 6.45) is -0.549. The number of ether oxygens (including phenoxy) is 1. The maximum absolute atomic E-state index is 13.6. The first-order valence-corrected chi connectivity index (χ1v) is 14.2. The van der Waals surface area contributed by atoms with Gasteiger partial charge in [-0.2, -0.15) is 4.99 Å². The minimum atomic E-state index is -3.25. The molecule has 0 radical (unpaired) electrons. The second-order valence-electron chi connectivity index (χ2n) is 9.77. The van der Waals surface area contributed by atoms with Gasteiger partial charge in [0, 0.05) is 17.4 Å². The van der Waals surface area contributed by atoms with Gasteiger partial charge >= 0.3 is 6.09 Å². The number of benzene rings is 2. The van der Waals surface area contributed by atoms with Crippen LogP contribution in [0.4, 0.5) is 14.9 Å². The van der Waals surface area contributed by atoms with Crippen LogP contribution in [0.25, 0.3) is 0 Å². The Labute approximate surface area is 214 Å². The van der Waals surface area contributed by atoms with Crippen LogP contribution in [0, 0.1) is 5.82 Å². The molecule has 0 spiro atoms. The van der Waals surface area contributed by atoms with E-state index in [2.05, 4.69) is 10.3 Å². The monoisotopic (exact) mass is 533 g/mol. The molecule has 2 heterocycles. The van der Waals surface area contributed by atoms with Gasteiger partial charge in [0.1, 0.15) is 17.5 Å². The molecule has 36 heavy (non-hydrogen) atoms. The summed E-state index contributed by atoms with van der Waals surface area (Å²) >= 11 is 1.21. The van der Waals surface area contributed by atoms with Crippen molar-refractivity contribution >= 4 is 44.5 Å². The van der Waals surface area contributed by atoms with E-state index in [1.807, 2.05) is 30.3 Å². The molecule has 0 saturated carbocycles. The predicted octanol–water partition coefficient (Wildman–Crippen LogP) is 3.56. The van der Waals surface area contributed by atoms with Gasteiger partial charge in [-0.25, -0.2) is 17.6 Å². The van der Waals surface area contributed by atoms with Crippen molar-refractivity contribution in [2.24, 2.45) is 4.99 Å². The summed E-state index contributed by atoms with van der Waals surface area (Å²) in [5.74, 6) is -1.14. The third-order valence-corrected chi connectivity index (χ3v) is 8.86. The number of carbonyl (C=O) groups excluding carboxylic acids is 2. The SMILES string of the molecule is CC(C)(C)OC(=O)N[C@H](Cc1ccccc1)C(=O)N=C1S[C@@H]2CS(=O)(=O)C[C@@H]2N1c1ccc(F)cc1. The second kappa shape index (κ2) is 10.2. The number of rotatable bonds is 5. The lowest BCUT2D eigenvalue weighted by Gasteiger charge is -2.25. The van der Waals surface area contributed by atoms with Gasteiger partial charge in [-0.15, -0.1) is 0 Å². The number of nitrogens with zero attached hydrogens (tertiary/aromatic N) is 2. The van der Waals surface area contributed by atoms with Crippen LogP contribution in [0.3, 0.4) is 0 Å². The van der Waals surface area contributed by atoms with Crippen molar-refractivity contribution in [3.05, 3.63) is 66.0 Å². The fraction of sp³-hybridized carbons (Fsp3) is 0.400. The fourth-order valence-corrected chi connectivity index (χ4v) is 8.06. The number of aliphatic imine (C=N–C) groups is 1. The molecule has 0 bridgehead atoms. The molecule has 2 aliphatic heterocycles. The molecule has 192 valence electrons. The normalized spacial score (nSPS) is 22.8. The summed E-state index contributed by atoms with van der Waals surface area (Å²) in [4.78, 5) is 31.9. The molecule has 8 nitrogen and oxygen atoms in total. The molecule has 11 heteroatoms. The number of halogens is 1. The molecular weight excluding hydrogens is 505 g/mol. The highest BCUT2D eigenvalue weighted by atomic mass is 32.2. The maximum atomic E-state index is 13.6. The average Bonchev–Trinajstić information content (AvgIpc) is 3.24. The van der Waals surface area contributed by atoms with Gasteiger partial charge in [-0.05, 0) is 50.6 Å². The topological polar surface area (TPSA) is 105 Å². The molecule has 0 aromatic heterocycles. The van der Waals surface area contributed by atoms with E-state index in [-0.39, 0.29) is 23.2 Å². The molecule has 2 aromatic carbocycles. The van der Waals surface area contributed by atoms with E-state index in [1.54, 1.807) is 25.7 Å². The minimum absolute atomic E-state index is 0.0309. The Balaban J connectivity index is 1.64. The van der Waals surface area contributed by atoms with Crippen molar-refractivity contribution in [1.29, 1.82) is 0 Å². The first-order chi connectivity index (χ1) is 16.9. The Morgan fingerprint density at radius 3 is 2.44 bits per heavy atom. The summed E-state index contributed by atoms with van der Waals surface area (Å²) in [6, 6.07) is 13.4. The molecule has 3 atom stereocenters. The van der Waals surface area contributed by atoms with Crippen LogP contribution in [0.1, 0.15) is 26.3 Å². The van der Waals surface area contributed by atoms with Gasteiger partial charge in [0.15, 0.2) is 15.0 Å². The smallest absolute Gasteiger partial charge is 0.408 e. The van der Waals surface area contributed by atoms with E-state index in [1.165, 1.54) is 36.0 Å². The zero-order valence-electron chi connectivity index (χ0n) is 20.2. The lowest BCUT2D eigenvalue weighted by Crippen LogP contribution is -2.45. The van der Waals surface area contributed by atoms with Gasteiger partial charge in [0.2, 0.25) is 0 Å². The molecule has 0 unspecified atom stereocenters. The van der Waals surface area contributed by atoms with Gasteiger partial charge in [-0.1, -0.05) is 42.1 Å². The molecule has 2 aliphatic rings. The Morgan fingerprint density at radius 1 is 1.14 bits per heavy atom. The molecule has 2 amide bonds. The predicted molar refractivity (Wildman–Crippen MR) is 138 cm³/mol. The number of nitrogens with one attached hydrogen (secondary N) is 1. The van der Waals surface area contributed by atoms with Gasteiger partial charge in [0.25, 0.3) is 5.91 Å². The van der Waals surface area contributed by atoms with Crippen molar-refractivity contribution in [2.45, 2.75) is 50.1 Å². The minimum Gasteiger partial charge on any atom is -0.444 e. The molecule has 2 saturated heterocycles. The molecule has 4 rings (SSSR count). The third-order valence-electron chi connectivity index (χ3n) is 5.65. The Hall–Kier alpha value is -2.92. The van der Waals surface area contributed by atoms with Gasteiger partial charge < -0.3 is 15.0 Å². The van der Waals surface area contributed by atoms with E-state index in [4.69, 9.17) is 4.74 Å².